The molecule has 0 atom stereocenters. The highest BCUT2D eigenvalue weighted by atomic mass is 32.1. The van der Waals surface area contributed by atoms with E-state index in [-0.39, 0.29) is 12.3 Å². The van der Waals surface area contributed by atoms with E-state index in [1.807, 2.05) is 67.8 Å². The van der Waals surface area contributed by atoms with Crippen LogP contribution in [-0.4, -0.2) is 17.5 Å². The lowest BCUT2D eigenvalue weighted by atomic mass is 10.2. The lowest BCUT2D eigenvalue weighted by molar-refractivity contribution is -0.115. The Morgan fingerprint density at radius 3 is 2.52 bits per heavy atom. The summed E-state index contributed by atoms with van der Waals surface area (Å²) in [7, 11) is 0. The molecule has 1 heterocycles. The molecule has 5 heteroatoms. The standard InChI is InChI=1S/C20H20N2O2S/c1-3-24-18-10-6-15(7-11-18)20-22-17(13-25-20)12-19(23)21-16-8-4-14(2)5-9-16/h4-11,13H,3,12H2,1-2H3,(H,21,23). The van der Waals surface area contributed by atoms with Gasteiger partial charge in [-0.3, -0.25) is 4.79 Å². The predicted molar refractivity (Wildman–Crippen MR) is 102 cm³/mol. The summed E-state index contributed by atoms with van der Waals surface area (Å²) in [4.78, 5) is 16.7. The second-order valence-corrected chi connectivity index (χ2v) is 6.55. The Labute approximate surface area is 151 Å². The lowest BCUT2D eigenvalue weighted by Crippen LogP contribution is -2.14. The van der Waals surface area contributed by atoms with Crippen molar-refractivity contribution in [2.45, 2.75) is 20.3 Å². The SMILES string of the molecule is CCOc1ccc(-c2nc(CC(=O)Nc3ccc(C)cc3)cs2)cc1. The van der Waals surface area contributed by atoms with E-state index >= 15 is 0 Å². The summed E-state index contributed by atoms with van der Waals surface area (Å²) in [5.74, 6) is 0.785. The third kappa shape index (κ3) is 4.67. The highest BCUT2D eigenvalue weighted by molar-refractivity contribution is 7.13. The number of thiazole rings is 1. The van der Waals surface area contributed by atoms with E-state index in [1.165, 1.54) is 0 Å². The molecule has 0 unspecified atom stereocenters. The minimum absolute atomic E-state index is 0.0626. The minimum Gasteiger partial charge on any atom is -0.494 e. The monoisotopic (exact) mass is 352 g/mol. The van der Waals surface area contributed by atoms with Crippen LogP contribution in [0.1, 0.15) is 18.2 Å². The predicted octanol–water partition coefficient (Wildman–Crippen LogP) is 4.70. The molecule has 25 heavy (non-hydrogen) atoms. The van der Waals surface area contributed by atoms with E-state index in [0.717, 1.165) is 33.3 Å². The van der Waals surface area contributed by atoms with Crippen LogP contribution in [0.3, 0.4) is 0 Å². The van der Waals surface area contributed by atoms with Crippen LogP contribution in [0.25, 0.3) is 10.6 Å². The van der Waals surface area contributed by atoms with Gasteiger partial charge in [-0.05, 0) is 50.2 Å². The Morgan fingerprint density at radius 1 is 1.12 bits per heavy atom. The highest BCUT2D eigenvalue weighted by Crippen LogP contribution is 2.26. The Kier molecular flexibility index (Phi) is 5.46. The zero-order chi connectivity index (χ0) is 17.6. The number of hydrogen-bond acceptors (Lipinski definition) is 4. The van der Waals surface area contributed by atoms with Crippen LogP contribution in [0.4, 0.5) is 5.69 Å². The van der Waals surface area contributed by atoms with Crippen molar-refractivity contribution in [1.82, 2.24) is 4.98 Å². The maximum absolute atomic E-state index is 12.2. The quantitative estimate of drug-likeness (QED) is 0.700. The smallest absolute Gasteiger partial charge is 0.230 e. The van der Waals surface area contributed by atoms with Crippen molar-refractivity contribution in [2.24, 2.45) is 0 Å². The number of amides is 1. The van der Waals surface area contributed by atoms with E-state index in [2.05, 4.69) is 10.3 Å². The molecule has 0 aliphatic rings. The van der Waals surface area contributed by atoms with Crippen LogP contribution in [0.15, 0.2) is 53.9 Å². The number of hydrogen-bond donors (Lipinski definition) is 1. The normalized spacial score (nSPS) is 10.5. The molecule has 1 N–H and O–H groups in total. The van der Waals surface area contributed by atoms with Crippen molar-refractivity contribution in [3.63, 3.8) is 0 Å². The van der Waals surface area contributed by atoms with Gasteiger partial charge in [0.05, 0.1) is 18.7 Å². The van der Waals surface area contributed by atoms with Gasteiger partial charge in [-0.1, -0.05) is 17.7 Å². The molecular weight excluding hydrogens is 332 g/mol. The minimum atomic E-state index is -0.0626. The van der Waals surface area contributed by atoms with E-state index in [1.54, 1.807) is 11.3 Å². The summed E-state index contributed by atoms with van der Waals surface area (Å²) < 4.78 is 5.45. The number of anilines is 1. The van der Waals surface area contributed by atoms with E-state index in [4.69, 9.17) is 4.74 Å². The average Bonchev–Trinajstić information content (AvgIpc) is 3.06. The van der Waals surface area contributed by atoms with Crippen molar-refractivity contribution in [2.75, 3.05) is 11.9 Å². The first-order valence-corrected chi connectivity index (χ1v) is 9.06. The van der Waals surface area contributed by atoms with Crippen LogP contribution in [-0.2, 0) is 11.2 Å². The number of carbonyl (C=O) groups is 1. The number of carbonyl (C=O) groups excluding carboxylic acids is 1. The maximum Gasteiger partial charge on any atom is 0.230 e. The van der Waals surface area contributed by atoms with E-state index in [9.17, 15) is 4.79 Å². The summed E-state index contributed by atoms with van der Waals surface area (Å²) in [6.45, 7) is 4.63. The molecule has 0 spiro atoms. The maximum atomic E-state index is 12.2. The summed E-state index contributed by atoms with van der Waals surface area (Å²) in [6.07, 6.45) is 0.265. The summed E-state index contributed by atoms with van der Waals surface area (Å²) >= 11 is 1.54. The molecule has 1 amide bonds. The van der Waals surface area contributed by atoms with Gasteiger partial charge < -0.3 is 10.1 Å². The average molecular weight is 352 g/mol. The van der Waals surface area contributed by atoms with Crippen molar-refractivity contribution in [1.29, 1.82) is 0 Å². The van der Waals surface area contributed by atoms with Crippen LogP contribution < -0.4 is 10.1 Å². The van der Waals surface area contributed by atoms with Gasteiger partial charge in [0.15, 0.2) is 0 Å². The first kappa shape index (κ1) is 17.2. The Hall–Kier alpha value is -2.66. The zero-order valence-corrected chi connectivity index (χ0v) is 15.1. The number of aryl methyl sites for hydroxylation is 1. The number of ether oxygens (including phenoxy) is 1. The molecular formula is C20H20N2O2S. The van der Waals surface area contributed by atoms with Gasteiger partial charge in [-0.15, -0.1) is 11.3 Å². The third-order valence-corrected chi connectivity index (χ3v) is 4.58. The molecule has 0 bridgehead atoms. The molecule has 128 valence electrons. The Balaban J connectivity index is 1.62. The van der Waals surface area contributed by atoms with Gasteiger partial charge in [-0.2, -0.15) is 0 Å². The summed E-state index contributed by atoms with van der Waals surface area (Å²) in [5, 5.41) is 5.73. The highest BCUT2D eigenvalue weighted by Gasteiger charge is 2.09. The van der Waals surface area contributed by atoms with Crippen LogP contribution >= 0.6 is 11.3 Å². The van der Waals surface area contributed by atoms with Gasteiger partial charge in [0.2, 0.25) is 5.91 Å². The van der Waals surface area contributed by atoms with Crippen molar-refractivity contribution in [3.8, 4) is 16.3 Å². The first-order valence-electron chi connectivity index (χ1n) is 8.18. The number of nitrogens with one attached hydrogen (secondary N) is 1. The second kappa shape index (κ2) is 7.94. The van der Waals surface area contributed by atoms with Gasteiger partial charge in [0.1, 0.15) is 10.8 Å². The molecule has 0 aliphatic carbocycles. The van der Waals surface area contributed by atoms with Gasteiger partial charge in [0, 0.05) is 16.6 Å². The fourth-order valence-corrected chi connectivity index (χ4v) is 3.21. The number of nitrogens with zero attached hydrogens (tertiary/aromatic N) is 1. The molecule has 3 rings (SSSR count). The molecule has 0 aliphatic heterocycles. The number of aromatic nitrogens is 1. The topological polar surface area (TPSA) is 51.2 Å². The zero-order valence-electron chi connectivity index (χ0n) is 14.3. The van der Waals surface area contributed by atoms with E-state index in [0.29, 0.717) is 6.61 Å². The number of rotatable bonds is 6. The fraction of sp³-hybridized carbons (Fsp3) is 0.200. The van der Waals surface area contributed by atoms with Crippen LogP contribution in [0.2, 0.25) is 0 Å². The summed E-state index contributed by atoms with van der Waals surface area (Å²) in [6, 6.07) is 15.6. The van der Waals surface area contributed by atoms with Crippen LogP contribution in [0, 0.1) is 6.92 Å². The largest absolute Gasteiger partial charge is 0.494 e. The van der Waals surface area contributed by atoms with Gasteiger partial charge in [-0.25, -0.2) is 4.98 Å². The van der Waals surface area contributed by atoms with Crippen LogP contribution in [0.5, 0.6) is 5.75 Å². The van der Waals surface area contributed by atoms with Crippen molar-refractivity contribution >= 4 is 22.9 Å². The Morgan fingerprint density at radius 2 is 1.84 bits per heavy atom. The summed E-state index contributed by atoms with van der Waals surface area (Å²) in [5.41, 5.74) is 3.77. The number of benzene rings is 2. The van der Waals surface area contributed by atoms with Crippen molar-refractivity contribution < 1.29 is 9.53 Å². The fourth-order valence-electron chi connectivity index (χ4n) is 2.39. The first-order chi connectivity index (χ1) is 12.1. The molecule has 0 fully saturated rings. The molecule has 3 aromatic rings. The second-order valence-electron chi connectivity index (χ2n) is 5.69. The molecule has 0 saturated heterocycles. The third-order valence-electron chi connectivity index (χ3n) is 3.64. The van der Waals surface area contributed by atoms with E-state index < -0.39 is 0 Å². The molecule has 4 nitrogen and oxygen atoms in total. The van der Waals surface area contributed by atoms with Gasteiger partial charge >= 0.3 is 0 Å². The molecule has 2 aromatic carbocycles. The Bertz CT molecular complexity index is 839. The van der Waals surface area contributed by atoms with Gasteiger partial charge in [0.25, 0.3) is 0 Å². The molecule has 0 saturated carbocycles. The lowest BCUT2D eigenvalue weighted by Gasteiger charge is -2.04. The van der Waals surface area contributed by atoms with Crippen molar-refractivity contribution in [3.05, 3.63) is 65.2 Å². The molecule has 0 radical (unpaired) electrons. The molecule has 1 aromatic heterocycles.